The minimum absolute atomic E-state index is 0.0908. The van der Waals surface area contributed by atoms with Gasteiger partial charge in [-0.05, 0) is 57.9 Å². The normalized spacial score (nSPS) is 13.3. The van der Waals surface area contributed by atoms with Gasteiger partial charge in [0.1, 0.15) is 12.4 Å². The van der Waals surface area contributed by atoms with Crippen molar-refractivity contribution in [1.29, 1.82) is 0 Å². The number of nitrogens with one attached hydrogen (secondary N) is 2. The lowest BCUT2D eigenvalue weighted by atomic mass is 10.2. The summed E-state index contributed by atoms with van der Waals surface area (Å²) in [7, 11) is 0. The van der Waals surface area contributed by atoms with Crippen LogP contribution >= 0.6 is 0 Å². The summed E-state index contributed by atoms with van der Waals surface area (Å²) in [5, 5.41) is 6.12. The van der Waals surface area contributed by atoms with Crippen LogP contribution in [0.15, 0.2) is 41.5 Å². The fraction of sp³-hybridized carbons (Fsp3) is 0.348. The van der Waals surface area contributed by atoms with Crippen molar-refractivity contribution < 1.29 is 4.79 Å². The molecule has 32 heavy (non-hydrogen) atoms. The first kappa shape index (κ1) is 21.5. The second kappa shape index (κ2) is 9.17. The fourth-order valence-corrected chi connectivity index (χ4v) is 3.60. The molecule has 3 heterocycles. The SMILES string of the molecule is Cc1cc(Nc2ccc(NC(=O)Cn3cnc(C)c(C)c3=O)cc2)nc(N2CCCC2)n1. The van der Waals surface area contributed by atoms with E-state index in [1.807, 2.05) is 25.1 Å². The maximum absolute atomic E-state index is 12.4. The maximum atomic E-state index is 12.4. The first-order valence-electron chi connectivity index (χ1n) is 10.7. The predicted molar refractivity (Wildman–Crippen MR) is 125 cm³/mol. The summed E-state index contributed by atoms with van der Waals surface area (Å²) < 4.78 is 1.31. The van der Waals surface area contributed by atoms with E-state index in [1.165, 1.54) is 23.7 Å². The zero-order valence-electron chi connectivity index (χ0n) is 18.6. The van der Waals surface area contributed by atoms with Crippen LogP contribution in [0.1, 0.15) is 29.8 Å². The van der Waals surface area contributed by atoms with Gasteiger partial charge in [0.25, 0.3) is 5.56 Å². The van der Waals surface area contributed by atoms with E-state index in [4.69, 9.17) is 0 Å². The lowest BCUT2D eigenvalue weighted by Gasteiger charge is -2.17. The molecule has 3 aromatic rings. The molecule has 0 spiro atoms. The summed E-state index contributed by atoms with van der Waals surface area (Å²) in [6.45, 7) is 7.32. The van der Waals surface area contributed by atoms with Crippen molar-refractivity contribution in [2.75, 3.05) is 28.6 Å². The molecule has 0 aliphatic carbocycles. The van der Waals surface area contributed by atoms with Crippen molar-refractivity contribution in [3.05, 3.63) is 64.0 Å². The number of hydrogen-bond acceptors (Lipinski definition) is 7. The third-order valence-corrected chi connectivity index (χ3v) is 5.50. The number of carbonyl (C=O) groups excluding carboxylic acids is 1. The van der Waals surface area contributed by atoms with E-state index in [0.717, 1.165) is 36.2 Å². The van der Waals surface area contributed by atoms with Crippen molar-refractivity contribution in [2.45, 2.75) is 40.2 Å². The third kappa shape index (κ3) is 4.93. The Bertz CT molecular complexity index is 1180. The topological polar surface area (TPSA) is 105 Å². The molecular formula is C23H27N7O2. The molecule has 4 rings (SSSR count). The van der Waals surface area contributed by atoms with Gasteiger partial charge in [-0.1, -0.05) is 0 Å². The third-order valence-electron chi connectivity index (χ3n) is 5.50. The van der Waals surface area contributed by atoms with Gasteiger partial charge in [0.15, 0.2) is 0 Å². The highest BCUT2D eigenvalue weighted by Gasteiger charge is 2.16. The molecule has 2 N–H and O–H groups in total. The van der Waals surface area contributed by atoms with Crippen LogP contribution in [0.3, 0.4) is 0 Å². The van der Waals surface area contributed by atoms with Crippen LogP contribution in [0.5, 0.6) is 0 Å². The van der Waals surface area contributed by atoms with Crippen molar-refractivity contribution in [3.8, 4) is 0 Å². The average Bonchev–Trinajstić information content (AvgIpc) is 3.30. The van der Waals surface area contributed by atoms with Crippen LogP contribution in [0.25, 0.3) is 0 Å². The van der Waals surface area contributed by atoms with E-state index < -0.39 is 0 Å². The minimum atomic E-state index is -0.292. The zero-order valence-corrected chi connectivity index (χ0v) is 18.6. The number of benzene rings is 1. The molecule has 9 heteroatoms. The molecule has 1 amide bonds. The molecule has 1 fully saturated rings. The first-order chi connectivity index (χ1) is 15.4. The molecule has 0 atom stereocenters. The Labute approximate surface area is 186 Å². The molecule has 0 saturated carbocycles. The molecule has 0 bridgehead atoms. The van der Waals surface area contributed by atoms with E-state index >= 15 is 0 Å². The molecule has 9 nitrogen and oxygen atoms in total. The van der Waals surface area contributed by atoms with Gasteiger partial charge in [0, 0.05) is 47.5 Å². The van der Waals surface area contributed by atoms with E-state index in [-0.39, 0.29) is 18.0 Å². The molecule has 1 aromatic carbocycles. The quantitative estimate of drug-likeness (QED) is 0.616. The van der Waals surface area contributed by atoms with E-state index in [9.17, 15) is 9.59 Å². The van der Waals surface area contributed by atoms with Crippen LogP contribution in [-0.2, 0) is 11.3 Å². The van der Waals surface area contributed by atoms with Crippen molar-refractivity contribution >= 4 is 29.0 Å². The molecule has 1 aliphatic rings. The van der Waals surface area contributed by atoms with Crippen LogP contribution in [0.2, 0.25) is 0 Å². The Morgan fingerprint density at radius 2 is 1.72 bits per heavy atom. The molecule has 0 unspecified atom stereocenters. The largest absolute Gasteiger partial charge is 0.341 e. The molecule has 1 saturated heterocycles. The van der Waals surface area contributed by atoms with Gasteiger partial charge in [-0.25, -0.2) is 9.97 Å². The second-order valence-corrected chi connectivity index (χ2v) is 8.03. The number of carbonyl (C=O) groups is 1. The van der Waals surface area contributed by atoms with Crippen LogP contribution in [0, 0.1) is 20.8 Å². The summed E-state index contributed by atoms with van der Waals surface area (Å²) >= 11 is 0. The van der Waals surface area contributed by atoms with E-state index in [2.05, 4.69) is 30.5 Å². The highest BCUT2D eigenvalue weighted by atomic mass is 16.2. The Kier molecular flexibility index (Phi) is 6.16. The lowest BCUT2D eigenvalue weighted by Crippen LogP contribution is -2.29. The average molecular weight is 434 g/mol. The van der Waals surface area contributed by atoms with Gasteiger partial charge in [0.05, 0.1) is 6.33 Å². The number of amides is 1. The minimum Gasteiger partial charge on any atom is -0.341 e. The Morgan fingerprint density at radius 3 is 2.44 bits per heavy atom. The van der Waals surface area contributed by atoms with Crippen LogP contribution < -0.4 is 21.1 Å². The number of anilines is 4. The number of nitrogens with zero attached hydrogens (tertiary/aromatic N) is 5. The smallest absolute Gasteiger partial charge is 0.256 e. The van der Waals surface area contributed by atoms with E-state index in [0.29, 0.717) is 16.9 Å². The molecular weight excluding hydrogens is 406 g/mol. The van der Waals surface area contributed by atoms with Gasteiger partial charge in [0.2, 0.25) is 11.9 Å². The number of aryl methyl sites for hydroxylation is 2. The summed E-state index contributed by atoms with van der Waals surface area (Å²) in [4.78, 5) is 40.2. The molecule has 2 aromatic heterocycles. The maximum Gasteiger partial charge on any atom is 0.256 e. The van der Waals surface area contributed by atoms with E-state index in [1.54, 1.807) is 26.0 Å². The number of rotatable bonds is 6. The lowest BCUT2D eigenvalue weighted by molar-refractivity contribution is -0.116. The first-order valence-corrected chi connectivity index (χ1v) is 10.7. The number of aromatic nitrogens is 4. The number of hydrogen-bond donors (Lipinski definition) is 2. The van der Waals surface area contributed by atoms with Gasteiger partial charge in [-0.3, -0.25) is 14.2 Å². The monoisotopic (exact) mass is 433 g/mol. The highest BCUT2D eigenvalue weighted by molar-refractivity contribution is 5.90. The Morgan fingerprint density at radius 1 is 1.03 bits per heavy atom. The summed E-state index contributed by atoms with van der Waals surface area (Å²) in [5.74, 6) is 1.20. The molecule has 166 valence electrons. The van der Waals surface area contributed by atoms with Crippen molar-refractivity contribution in [3.63, 3.8) is 0 Å². The fourth-order valence-electron chi connectivity index (χ4n) is 3.60. The van der Waals surface area contributed by atoms with Gasteiger partial charge < -0.3 is 15.5 Å². The van der Waals surface area contributed by atoms with Gasteiger partial charge >= 0.3 is 0 Å². The highest BCUT2D eigenvalue weighted by Crippen LogP contribution is 2.22. The summed E-state index contributed by atoms with van der Waals surface area (Å²) in [5.41, 5.74) is 3.40. The van der Waals surface area contributed by atoms with Crippen LogP contribution in [0.4, 0.5) is 23.1 Å². The molecule has 0 radical (unpaired) electrons. The zero-order chi connectivity index (χ0) is 22.7. The van der Waals surface area contributed by atoms with Crippen molar-refractivity contribution in [2.24, 2.45) is 0 Å². The summed E-state index contributed by atoms with van der Waals surface area (Å²) in [6, 6.07) is 9.25. The Hall–Kier alpha value is -3.75. The predicted octanol–water partition coefficient (Wildman–Crippen LogP) is 2.94. The second-order valence-electron chi connectivity index (χ2n) is 8.03. The van der Waals surface area contributed by atoms with Gasteiger partial charge in [-0.15, -0.1) is 0 Å². The van der Waals surface area contributed by atoms with Crippen LogP contribution in [-0.4, -0.2) is 38.5 Å². The Balaban J connectivity index is 1.40. The van der Waals surface area contributed by atoms with Crippen molar-refractivity contribution in [1.82, 2.24) is 19.5 Å². The molecule has 1 aliphatic heterocycles. The summed E-state index contributed by atoms with van der Waals surface area (Å²) in [6.07, 6.45) is 3.74. The van der Waals surface area contributed by atoms with Gasteiger partial charge in [-0.2, -0.15) is 4.98 Å². The standard InChI is InChI=1S/C23H27N7O2/c1-15-12-20(28-23(25-15)29-10-4-5-11-29)26-18-6-8-19(9-7-18)27-21(31)13-30-14-24-17(3)16(2)22(30)32/h6-9,12,14H,4-5,10-11,13H2,1-3H3,(H,27,31)(H,25,26,28).